The lowest BCUT2D eigenvalue weighted by Gasteiger charge is -2.20. The lowest BCUT2D eigenvalue weighted by Crippen LogP contribution is -2.31. The first kappa shape index (κ1) is 14.9. The molecule has 0 aromatic carbocycles. The molecule has 0 bridgehead atoms. The van der Waals surface area contributed by atoms with Gasteiger partial charge in [0.15, 0.2) is 5.82 Å². The molecule has 4 rings (SSSR count). The third kappa shape index (κ3) is 2.36. The summed E-state index contributed by atoms with van der Waals surface area (Å²) in [6.45, 7) is 4.65. The van der Waals surface area contributed by atoms with E-state index < -0.39 is 0 Å². The lowest BCUT2D eigenvalue weighted by molar-refractivity contribution is 0.0723. The van der Waals surface area contributed by atoms with Gasteiger partial charge in [0.1, 0.15) is 11.3 Å². The fourth-order valence-corrected chi connectivity index (χ4v) is 3.22. The third-order valence-electron chi connectivity index (χ3n) is 4.51. The van der Waals surface area contributed by atoms with Crippen molar-refractivity contribution >= 4 is 11.6 Å². The summed E-state index contributed by atoms with van der Waals surface area (Å²) in [5, 5.41) is 4.05. The molecule has 3 aromatic heterocycles. The number of nitrogens with zero attached hydrogens (tertiary/aromatic N) is 5. The molecule has 0 spiro atoms. The Morgan fingerprint density at radius 1 is 1.38 bits per heavy atom. The van der Waals surface area contributed by atoms with Gasteiger partial charge >= 0.3 is 0 Å². The van der Waals surface area contributed by atoms with Crippen molar-refractivity contribution in [2.75, 3.05) is 6.54 Å². The van der Waals surface area contributed by atoms with Crippen LogP contribution in [0.25, 0.3) is 5.65 Å². The van der Waals surface area contributed by atoms with Crippen molar-refractivity contribution in [1.29, 1.82) is 0 Å². The van der Waals surface area contributed by atoms with Gasteiger partial charge in [-0.15, -0.1) is 0 Å². The number of amides is 1. The molecule has 7 heteroatoms. The molecule has 0 unspecified atom stereocenters. The summed E-state index contributed by atoms with van der Waals surface area (Å²) in [5.74, 6) is 1.12. The highest BCUT2D eigenvalue weighted by Crippen LogP contribution is 2.31. The second-order valence-electron chi connectivity index (χ2n) is 6.08. The Bertz CT molecular complexity index is 897. The highest BCUT2D eigenvalue weighted by atomic mass is 16.5. The molecule has 0 saturated carbocycles. The van der Waals surface area contributed by atoms with E-state index in [1.807, 2.05) is 36.4 Å². The molecule has 0 N–H and O–H groups in total. The number of rotatable bonds is 3. The predicted octanol–water partition coefficient (Wildman–Crippen LogP) is 2.57. The van der Waals surface area contributed by atoms with Crippen LogP contribution in [0.2, 0.25) is 0 Å². The molecule has 1 aliphatic rings. The average Bonchev–Trinajstić information content (AvgIpc) is 3.31. The van der Waals surface area contributed by atoms with Crippen LogP contribution in [0, 0.1) is 6.92 Å². The number of hydrogen-bond acceptors (Lipinski definition) is 5. The van der Waals surface area contributed by atoms with Crippen molar-refractivity contribution in [3.63, 3.8) is 0 Å². The number of aromatic nitrogens is 4. The Labute approximate surface area is 139 Å². The summed E-state index contributed by atoms with van der Waals surface area (Å²) in [7, 11) is 0. The summed E-state index contributed by atoms with van der Waals surface area (Å²) in [6, 6.07) is 5.70. The number of likely N-dealkylation sites (tertiary alicyclic amines) is 1. The SMILES string of the molecule is CCc1nc([C@@H]2CCCN2C(=O)c2cn3c(C)cccc3n2)no1. The van der Waals surface area contributed by atoms with Gasteiger partial charge in [0.25, 0.3) is 5.91 Å². The molecule has 4 heterocycles. The maximum absolute atomic E-state index is 13.0. The van der Waals surface area contributed by atoms with Crippen LogP contribution in [0.1, 0.15) is 53.7 Å². The van der Waals surface area contributed by atoms with Crippen LogP contribution in [0.5, 0.6) is 0 Å². The van der Waals surface area contributed by atoms with E-state index in [0.717, 1.165) is 24.2 Å². The molecule has 3 aromatic rings. The second-order valence-corrected chi connectivity index (χ2v) is 6.08. The van der Waals surface area contributed by atoms with Crippen LogP contribution in [0.3, 0.4) is 0 Å². The molecule has 1 fully saturated rings. The molecule has 124 valence electrons. The highest BCUT2D eigenvalue weighted by molar-refractivity contribution is 5.93. The fourth-order valence-electron chi connectivity index (χ4n) is 3.22. The number of pyridine rings is 1. The van der Waals surface area contributed by atoms with Crippen molar-refractivity contribution < 1.29 is 9.32 Å². The molecule has 1 amide bonds. The van der Waals surface area contributed by atoms with E-state index in [4.69, 9.17) is 4.52 Å². The zero-order valence-electron chi connectivity index (χ0n) is 13.8. The first-order chi connectivity index (χ1) is 11.7. The van der Waals surface area contributed by atoms with Gasteiger partial charge in [0, 0.05) is 24.9 Å². The van der Waals surface area contributed by atoms with Crippen molar-refractivity contribution in [2.45, 2.75) is 39.2 Å². The van der Waals surface area contributed by atoms with Crippen LogP contribution < -0.4 is 0 Å². The van der Waals surface area contributed by atoms with Crippen molar-refractivity contribution in [3.8, 4) is 0 Å². The van der Waals surface area contributed by atoms with Crippen LogP contribution in [0.4, 0.5) is 0 Å². The number of imidazole rings is 1. The van der Waals surface area contributed by atoms with Crippen molar-refractivity contribution in [2.24, 2.45) is 0 Å². The quantitative estimate of drug-likeness (QED) is 0.739. The van der Waals surface area contributed by atoms with Gasteiger partial charge in [0.05, 0.1) is 6.04 Å². The van der Waals surface area contributed by atoms with E-state index in [1.54, 1.807) is 11.1 Å². The van der Waals surface area contributed by atoms with Crippen LogP contribution >= 0.6 is 0 Å². The smallest absolute Gasteiger partial charge is 0.274 e. The molecular weight excluding hydrogens is 306 g/mol. The number of hydrogen-bond donors (Lipinski definition) is 0. The Morgan fingerprint density at radius 2 is 2.25 bits per heavy atom. The maximum atomic E-state index is 13.0. The minimum atomic E-state index is -0.132. The summed E-state index contributed by atoms with van der Waals surface area (Å²) in [5.41, 5.74) is 2.28. The van der Waals surface area contributed by atoms with Crippen LogP contribution in [-0.2, 0) is 6.42 Å². The first-order valence-electron chi connectivity index (χ1n) is 8.25. The average molecular weight is 325 g/mol. The first-order valence-corrected chi connectivity index (χ1v) is 8.25. The summed E-state index contributed by atoms with van der Waals surface area (Å²) >= 11 is 0. The number of carbonyl (C=O) groups excluding carboxylic acids is 1. The van der Waals surface area contributed by atoms with Gasteiger partial charge in [-0.3, -0.25) is 4.79 Å². The van der Waals surface area contributed by atoms with E-state index in [2.05, 4.69) is 15.1 Å². The monoisotopic (exact) mass is 325 g/mol. The van der Waals surface area contributed by atoms with Crippen LogP contribution in [0.15, 0.2) is 28.9 Å². The largest absolute Gasteiger partial charge is 0.339 e. The summed E-state index contributed by atoms with van der Waals surface area (Å²) < 4.78 is 7.14. The van der Waals surface area contributed by atoms with Crippen molar-refractivity contribution in [3.05, 3.63) is 47.5 Å². The van der Waals surface area contributed by atoms with E-state index in [1.165, 1.54) is 0 Å². The second kappa shape index (κ2) is 5.74. The van der Waals surface area contributed by atoms with Gasteiger partial charge in [-0.1, -0.05) is 18.1 Å². The van der Waals surface area contributed by atoms with E-state index in [9.17, 15) is 4.79 Å². The Morgan fingerprint density at radius 3 is 3.00 bits per heavy atom. The normalized spacial score (nSPS) is 17.8. The van der Waals surface area contributed by atoms with Gasteiger partial charge in [0.2, 0.25) is 5.89 Å². The molecule has 0 aliphatic carbocycles. The fraction of sp³-hybridized carbons (Fsp3) is 0.412. The van der Waals surface area contributed by atoms with Crippen LogP contribution in [-0.4, -0.2) is 36.9 Å². The van der Waals surface area contributed by atoms with Gasteiger partial charge in [-0.05, 0) is 31.9 Å². The molecule has 0 radical (unpaired) electrons. The Hall–Kier alpha value is -2.70. The Kier molecular flexibility index (Phi) is 3.55. The predicted molar refractivity (Wildman–Crippen MR) is 86.6 cm³/mol. The molecular formula is C17H19N5O2. The lowest BCUT2D eigenvalue weighted by atomic mass is 10.2. The van der Waals surface area contributed by atoms with E-state index >= 15 is 0 Å². The standard InChI is InChI=1S/C17H19N5O2/c1-3-15-19-16(20-24-15)13-7-5-9-21(13)17(23)12-10-22-11(2)6-4-8-14(22)18-12/h4,6,8,10,13H,3,5,7,9H2,1-2H3/t13-/m0/s1. The van der Waals surface area contributed by atoms with Gasteiger partial charge in [-0.2, -0.15) is 4.98 Å². The minimum absolute atomic E-state index is 0.0801. The molecule has 1 atom stereocenters. The number of aryl methyl sites for hydroxylation is 2. The number of carbonyl (C=O) groups is 1. The number of fused-ring (bicyclic) bond motifs is 1. The topological polar surface area (TPSA) is 76.5 Å². The molecule has 1 saturated heterocycles. The molecule has 1 aliphatic heterocycles. The van der Waals surface area contributed by atoms with E-state index in [0.29, 0.717) is 30.4 Å². The van der Waals surface area contributed by atoms with Gasteiger partial charge in [-0.25, -0.2) is 4.98 Å². The van der Waals surface area contributed by atoms with E-state index in [-0.39, 0.29) is 11.9 Å². The molecule has 7 nitrogen and oxygen atoms in total. The van der Waals surface area contributed by atoms with Crippen molar-refractivity contribution in [1.82, 2.24) is 24.4 Å². The maximum Gasteiger partial charge on any atom is 0.274 e. The Balaban J connectivity index is 1.65. The highest BCUT2D eigenvalue weighted by Gasteiger charge is 2.34. The third-order valence-corrected chi connectivity index (χ3v) is 4.51. The zero-order valence-corrected chi connectivity index (χ0v) is 13.8. The summed E-state index contributed by atoms with van der Waals surface area (Å²) in [4.78, 5) is 23.6. The molecule has 24 heavy (non-hydrogen) atoms. The zero-order chi connectivity index (χ0) is 16.7. The van der Waals surface area contributed by atoms with Gasteiger partial charge < -0.3 is 13.8 Å². The minimum Gasteiger partial charge on any atom is -0.339 e. The summed E-state index contributed by atoms with van der Waals surface area (Å²) in [6.07, 6.45) is 4.27.